The number of imide groups is 1. The molecule has 0 saturated carbocycles. The van der Waals surface area contributed by atoms with Gasteiger partial charge in [-0.3, -0.25) is 14.5 Å². The first-order chi connectivity index (χ1) is 13.0. The van der Waals surface area contributed by atoms with Gasteiger partial charge in [-0.05, 0) is 61.0 Å². The van der Waals surface area contributed by atoms with Gasteiger partial charge in [0.15, 0.2) is 0 Å². The molecule has 6 heteroatoms. The van der Waals surface area contributed by atoms with Gasteiger partial charge in [0.2, 0.25) is 0 Å². The van der Waals surface area contributed by atoms with Crippen molar-refractivity contribution in [1.29, 1.82) is 0 Å². The van der Waals surface area contributed by atoms with Crippen molar-refractivity contribution in [1.82, 2.24) is 4.90 Å². The summed E-state index contributed by atoms with van der Waals surface area (Å²) in [6, 6.07) is 16.0. The maximum absolute atomic E-state index is 12.4. The van der Waals surface area contributed by atoms with Crippen molar-refractivity contribution in [3.8, 4) is 0 Å². The molecule has 1 saturated heterocycles. The van der Waals surface area contributed by atoms with Crippen LogP contribution in [-0.4, -0.2) is 27.1 Å². The van der Waals surface area contributed by atoms with Crippen LogP contribution in [0.1, 0.15) is 25.0 Å². The molecule has 2 aromatic rings. The number of benzene rings is 2. The minimum Gasteiger partial charge on any atom is -0.268 e. The molecule has 2 aromatic carbocycles. The van der Waals surface area contributed by atoms with Gasteiger partial charge < -0.3 is 0 Å². The fourth-order valence-corrected chi connectivity index (χ4v) is 4.89. The van der Waals surface area contributed by atoms with Crippen molar-refractivity contribution in [2.45, 2.75) is 31.2 Å². The van der Waals surface area contributed by atoms with E-state index < -0.39 is 0 Å². The van der Waals surface area contributed by atoms with Gasteiger partial charge in [-0.25, -0.2) is 4.99 Å². The van der Waals surface area contributed by atoms with Gasteiger partial charge in [-0.2, -0.15) is 0 Å². The Morgan fingerprint density at radius 3 is 2.52 bits per heavy atom. The number of fused-ring (bicyclic) bond motifs is 1. The molecule has 0 bridgehead atoms. The van der Waals surface area contributed by atoms with Crippen LogP contribution in [0.5, 0.6) is 0 Å². The molecule has 0 atom stereocenters. The molecule has 2 aliphatic heterocycles. The number of amides is 2. The number of thioether (sulfide) groups is 2. The average Bonchev–Trinajstić information content (AvgIpc) is 3.16. The Morgan fingerprint density at radius 2 is 1.85 bits per heavy atom. The molecule has 2 heterocycles. The van der Waals surface area contributed by atoms with Gasteiger partial charge >= 0.3 is 0 Å². The predicted molar refractivity (Wildman–Crippen MR) is 112 cm³/mol. The molecule has 0 spiro atoms. The Hall–Kier alpha value is -2.31. The number of carbonyl (C=O) groups excluding carboxylic acids is 2. The molecule has 2 aliphatic rings. The predicted octanol–water partition coefficient (Wildman–Crippen LogP) is 5.51. The lowest BCUT2D eigenvalue weighted by Gasteiger charge is -2.16. The monoisotopic (exact) mass is 394 g/mol. The normalized spacial score (nSPS) is 17.8. The van der Waals surface area contributed by atoms with E-state index in [0.717, 1.165) is 39.4 Å². The van der Waals surface area contributed by atoms with E-state index in [2.05, 4.69) is 11.1 Å². The third kappa shape index (κ3) is 3.73. The number of aliphatic imine (C=N–C) groups is 1. The first-order valence-electron chi connectivity index (χ1n) is 8.72. The summed E-state index contributed by atoms with van der Waals surface area (Å²) in [4.78, 5) is 31.9. The van der Waals surface area contributed by atoms with Crippen molar-refractivity contribution in [3.05, 3.63) is 64.6 Å². The van der Waals surface area contributed by atoms with Crippen LogP contribution in [0, 0.1) is 0 Å². The van der Waals surface area contributed by atoms with E-state index in [4.69, 9.17) is 0 Å². The van der Waals surface area contributed by atoms with E-state index >= 15 is 0 Å². The Morgan fingerprint density at radius 1 is 1.11 bits per heavy atom. The Bertz CT molecular complexity index is 978. The SMILES string of the molecule is CC(C)N1C(=O)S/C(=C\c2ccc(SC3=Nc4ccccc4C3)cc2)C1=O. The summed E-state index contributed by atoms with van der Waals surface area (Å²) < 4.78 is 0. The summed E-state index contributed by atoms with van der Waals surface area (Å²) in [5.41, 5.74) is 3.22. The van der Waals surface area contributed by atoms with Crippen molar-refractivity contribution >= 4 is 51.5 Å². The molecule has 0 radical (unpaired) electrons. The minimum atomic E-state index is -0.212. The molecule has 4 nitrogen and oxygen atoms in total. The van der Waals surface area contributed by atoms with Crippen LogP contribution >= 0.6 is 23.5 Å². The van der Waals surface area contributed by atoms with Crippen LogP contribution in [0.2, 0.25) is 0 Å². The number of nitrogens with zero attached hydrogens (tertiary/aromatic N) is 2. The molecule has 4 rings (SSSR count). The third-order valence-corrected chi connectivity index (χ3v) is 6.19. The average molecular weight is 395 g/mol. The number of hydrogen-bond donors (Lipinski definition) is 0. The second kappa shape index (κ2) is 7.37. The summed E-state index contributed by atoms with van der Waals surface area (Å²) in [6.07, 6.45) is 2.65. The largest absolute Gasteiger partial charge is 0.293 e. The smallest absolute Gasteiger partial charge is 0.268 e. The van der Waals surface area contributed by atoms with Crippen LogP contribution in [0.25, 0.3) is 6.08 Å². The summed E-state index contributed by atoms with van der Waals surface area (Å²) in [7, 11) is 0. The zero-order chi connectivity index (χ0) is 19.0. The van der Waals surface area contributed by atoms with Gasteiger partial charge in [-0.1, -0.05) is 42.1 Å². The van der Waals surface area contributed by atoms with Gasteiger partial charge in [0.1, 0.15) is 0 Å². The molecular formula is C21H18N2O2S2. The van der Waals surface area contributed by atoms with Gasteiger partial charge in [-0.15, -0.1) is 0 Å². The first kappa shape index (κ1) is 18.1. The summed E-state index contributed by atoms with van der Waals surface area (Å²) in [5.74, 6) is -0.212. The lowest BCUT2D eigenvalue weighted by molar-refractivity contribution is -0.123. The standard InChI is InChI=1S/C21H18N2O2S2/c1-13(2)23-20(24)18(27-21(23)25)11-14-7-9-16(10-8-14)26-19-12-15-5-3-4-6-17(15)22-19/h3-11,13H,12H2,1-2H3/b18-11-. The molecule has 136 valence electrons. The van der Waals surface area contributed by atoms with E-state index in [1.54, 1.807) is 17.8 Å². The van der Waals surface area contributed by atoms with E-state index in [9.17, 15) is 9.59 Å². The number of hydrogen-bond acceptors (Lipinski definition) is 5. The van der Waals surface area contributed by atoms with Gasteiger partial charge in [0.05, 0.1) is 15.6 Å². The zero-order valence-corrected chi connectivity index (χ0v) is 16.6. The summed E-state index contributed by atoms with van der Waals surface area (Å²) in [6.45, 7) is 3.69. The molecular weight excluding hydrogens is 376 g/mol. The van der Waals surface area contributed by atoms with Crippen molar-refractivity contribution in [3.63, 3.8) is 0 Å². The topological polar surface area (TPSA) is 49.7 Å². The quantitative estimate of drug-likeness (QED) is 0.644. The Labute approximate surface area is 166 Å². The molecule has 0 aromatic heterocycles. The number of rotatable bonds is 3. The highest BCUT2D eigenvalue weighted by molar-refractivity contribution is 8.18. The zero-order valence-electron chi connectivity index (χ0n) is 15.0. The van der Waals surface area contributed by atoms with Crippen LogP contribution in [0.4, 0.5) is 10.5 Å². The highest BCUT2D eigenvalue weighted by Crippen LogP contribution is 2.35. The van der Waals surface area contributed by atoms with Crippen LogP contribution < -0.4 is 0 Å². The summed E-state index contributed by atoms with van der Waals surface area (Å²) in [5, 5.41) is 0.884. The first-order valence-corrected chi connectivity index (χ1v) is 10.3. The van der Waals surface area contributed by atoms with Crippen LogP contribution in [-0.2, 0) is 11.2 Å². The third-order valence-electron chi connectivity index (χ3n) is 4.33. The number of para-hydroxylation sites is 1. The maximum Gasteiger partial charge on any atom is 0.293 e. The van der Waals surface area contributed by atoms with Gasteiger partial charge in [0, 0.05) is 17.4 Å². The Balaban J connectivity index is 1.46. The van der Waals surface area contributed by atoms with Crippen LogP contribution in [0.15, 0.2) is 63.3 Å². The molecule has 2 amide bonds. The highest BCUT2D eigenvalue weighted by atomic mass is 32.2. The van der Waals surface area contributed by atoms with Crippen molar-refractivity contribution in [2.75, 3.05) is 0 Å². The lowest BCUT2D eigenvalue weighted by Crippen LogP contribution is -2.34. The fourth-order valence-electron chi connectivity index (χ4n) is 3.01. The molecule has 0 N–H and O–H groups in total. The lowest BCUT2D eigenvalue weighted by atomic mass is 10.2. The van der Waals surface area contributed by atoms with E-state index in [0.29, 0.717) is 4.91 Å². The van der Waals surface area contributed by atoms with E-state index in [1.165, 1.54) is 10.5 Å². The molecule has 0 unspecified atom stereocenters. The van der Waals surface area contributed by atoms with Crippen molar-refractivity contribution in [2.24, 2.45) is 4.99 Å². The fraction of sp³-hybridized carbons (Fsp3) is 0.190. The maximum atomic E-state index is 12.4. The number of carbonyl (C=O) groups is 2. The second-order valence-corrected chi connectivity index (χ2v) is 8.77. The van der Waals surface area contributed by atoms with Crippen molar-refractivity contribution < 1.29 is 9.59 Å². The van der Waals surface area contributed by atoms with E-state index in [-0.39, 0.29) is 17.2 Å². The summed E-state index contributed by atoms with van der Waals surface area (Å²) >= 11 is 2.66. The van der Waals surface area contributed by atoms with Crippen LogP contribution in [0.3, 0.4) is 0 Å². The molecule has 27 heavy (non-hydrogen) atoms. The second-order valence-electron chi connectivity index (χ2n) is 6.63. The molecule has 1 fully saturated rings. The molecule has 0 aliphatic carbocycles. The minimum absolute atomic E-state index is 0.126. The van der Waals surface area contributed by atoms with E-state index in [1.807, 2.05) is 56.3 Å². The Kier molecular flexibility index (Phi) is 4.93. The van der Waals surface area contributed by atoms with Gasteiger partial charge in [0.25, 0.3) is 11.1 Å². The highest BCUT2D eigenvalue weighted by Gasteiger charge is 2.36.